The molecular formula is C11H20BrN3O. The standard InChI is InChI=1S/C11H20BrN3O/c1-9(12)7-15-6-2-3-10(8-15)11(16)14-5-4-13/h10H,1-8,13H2,(H,14,16). The molecule has 0 radical (unpaired) electrons. The second kappa shape index (κ2) is 7.04. The first-order valence-electron chi connectivity index (χ1n) is 5.67. The van der Waals surface area contributed by atoms with Crippen molar-refractivity contribution in [3.63, 3.8) is 0 Å². The molecule has 0 spiro atoms. The topological polar surface area (TPSA) is 58.4 Å². The minimum absolute atomic E-state index is 0.104. The van der Waals surface area contributed by atoms with Crippen molar-refractivity contribution in [1.82, 2.24) is 10.2 Å². The maximum Gasteiger partial charge on any atom is 0.224 e. The maximum absolute atomic E-state index is 11.8. The van der Waals surface area contributed by atoms with Gasteiger partial charge in [0.1, 0.15) is 0 Å². The summed E-state index contributed by atoms with van der Waals surface area (Å²) in [5.74, 6) is 0.238. The van der Waals surface area contributed by atoms with Gasteiger partial charge in [-0.15, -0.1) is 0 Å². The number of carbonyl (C=O) groups excluding carboxylic acids is 1. The fraction of sp³-hybridized carbons (Fsp3) is 0.727. The normalized spacial score (nSPS) is 21.8. The Kier molecular flexibility index (Phi) is 6.01. The smallest absolute Gasteiger partial charge is 0.224 e. The Labute approximate surface area is 105 Å². The minimum Gasteiger partial charge on any atom is -0.355 e. The molecule has 4 nitrogen and oxygen atoms in total. The largest absolute Gasteiger partial charge is 0.355 e. The summed E-state index contributed by atoms with van der Waals surface area (Å²) in [4.78, 5) is 14.0. The van der Waals surface area contributed by atoms with Crippen molar-refractivity contribution in [3.05, 3.63) is 11.1 Å². The van der Waals surface area contributed by atoms with Gasteiger partial charge in [-0.05, 0) is 19.4 Å². The third-order valence-corrected chi connectivity index (χ3v) is 2.97. The van der Waals surface area contributed by atoms with Crippen molar-refractivity contribution >= 4 is 21.8 Å². The molecule has 0 aromatic heterocycles. The van der Waals surface area contributed by atoms with Crippen LogP contribution in [0, 0.1) is 5.92 Å². The van der Waals surface area contributed by atoms with Crippen molar-refractivity contribution in [2.75, 3.05) is 32.7 Å². The number of halogens is 1. The first-order valence-corrected chi connectivity index (χ1v) is 6.46. The van der Waals surface area contributed by atoms with E-state index in [1.165, 1.54) is 0 Å². The average Bonchev–Trinajstić information content (AvgIpc) is 2.25. The van der Waals surface area contributed by atoms with E-state index in [0.717, 1.165) is 37.0 Å². The molecule has 1 heterocycles. The predicted octanol–water partition coefficient (Wildman–Crippen LogP) is 0.682. The highest BCUT2D eigenvalue weighted by Crippen LogP contribution is 2.18. The molecular weight excluding hydrogens is 270 g/mol. The molecule has 1 atom stereocenters. The highest BCUT2D eigenvalue weighted by molar-refractivity contribution is 9.11. The number of hydrogen-bond donors (Lipinski definition) is 2. The van der Waals surface area contributed by atoms with E-state index in [2.05, 4.69) is 32.7 Å². The van der Waals surface area contributed by atoms with E-state index in [0.29, 0.717) is 13.1 Å². The highest BCUT2D eigenvalue weighted by atomic mass is 79.9. The quantitative estimate of drug-likeness (QED) is 0.783. The fourth-order valence-corrected chi connectivity index (χ4v) is 2.35. The monoisotopic (exact) mass is 289 g/mol. The zero-order valence-corrected chi connectivity index (χ0v) is 11.1. The van der Waals surface area contributed by atoms with Crippen molar-refractivity contribution in [3.8, 4) is 0 Å². The summed E-state index contributed by atoms with van der Waals surface area (Å²) >= 11 is 3.36. The van der Waals surface area contributed by atoms with Gasteiger partial charge in [0.25, 0.3) is 0 Å². The summed E-state index contributed by atoms with van der Waals surface area (Å²) < 4.78 is 0.968. The summed E-state index contributed by atoms with van der Waals surface area (Å²) in [6.07, 6.45) is 2.04. The molecule has 1 aliphatic heterocycles. The summed E-state index contributed by atoms with van der Waals surface area (Å²) in [5, 5.41) is 2.85. The Bertz CT molecular complexity index is 258. The molecule has 3 N–H and O–H groups in total. The van der Waals surface area contributed by atoms with Crippen LogP contribution in [0.2, 0.25) is 0 Å². The molecule has 1 fully saturated rings. The lowest BCUT2D eigenvalue weighted by Gasteiger charge is -2.31. The molecule has 92 valence electrons. The highest BCUT2D eigenvalue weighted by Gasteiger charge is 2.25. The zero-order valence-electron chi connectivity index (χ0n) is 9.54. The average molecular weight is 290 g/mol. The van der Waals surface area contributed by atoms with Crippen LogP contribution in [0.15, 0.2) is 11.1 Å². The Morgan fingerprint density at radius 3 is 3.00 bits per heavy atom. The van der Waals surface area contributed by atoms with E-state index in [-0.39, 0.29) is 11.8 Å². The van der Waals surface area contributed by atoms with Gasteiger partial charge < -0.3 is 11.1 Å². The van der Waals surface area contributed by atoms with E-state index < -0.39 is 0 Å². The molecule has 1 unspecified atom stereocenters. The SMILES string of the molecule is C=C(Br)CN1CCCC(C(=O)NCCN)C1. The molecule has 0 aromatic rings. The number of carbonyl (C=O) groups is 1. The third-order valence-electron chi connectivity index (χ3n) is 2.72. The van der Waals surface area contributed by atoms with Crippen LogP contribution in [0.1, 0.15) is 12.8 Å². The van der Waals surface area contributed by atoms with Crippen molar-refractivity contribution < 1.29 is 4.79 Å². The van der Waals surface area contributed by atoms with Gasteiger partial charge >= 0.3 is 0 Å². The molecule has 0 bridgehead atoms. The van der Waals surface area contributed by atoms with Crippen LogP contribution < -0.4 is 11.1 Å². The molecule has 5 heteroatoms. The lowest BCUT2D eigenvalue weighted by molar-refractivity contribution is -0.126. The van der Waals surface area contributed by atoms with Gasteiger partial charge in [-0.3, -0.25) is 9.69 Å². The Morgan fingerprint density at radius 1 is 1.62 bits per heavy atom. The number of hydrogen-bond acceptors (Lipinski definition) is 3. The molecule has 1 aliphatic rings. The molecule has 1 amide bonds. The number of likely N-dealkylation sites (tertiary alicyclic amines) is 1. The lowest BCUT2D eigenvalue weighted by atomic mass is 9.97. The maximum atomic E-state index is 11.8. The van der Waals surface area contributed by atoms with Gasteiger partial charge in [-0.2, -0.15) is 0 Å². The number of nitrogens with one attached hydrogen (secondary N) is 1. The molecule has 16 heavy (non-hydrogen) atoms. The van der Waals surface area contributed by atoms with E-state index >= 15 is 0 Å². The number of nitrogens with zero attached hydrogens (tertiary/aromatic N) is 1. The number of nitrogens with two attached hydrogens (primary N) is 1. The van der Waals surface area contributed by atoms with Crippen LogP contribution >= 0.6 is 15.9 Å². The van der Waals surface area contributed by atoms with Crippen molar-refractivity contribution in [1.29, 1.82) is 0 Å². The summed E-state index contributed by atoms with van der Waals surface area (Å²) in [7, 11) is 0. The fourth-order valence-electron chi connectivity index (χ4n) is 2.00. The molecule has 0 aromatic carbocycles. The van der Waals surface area contributed by atoms with Crippen LogP contribution in [0.3, 0.4) is 0 Å². The van der Waals surface area contributed by atoms with Crippen LogP contribution in [0.25, 0.3) is 0 Å². The van der Waals surface area contributed by atoms with Crippen LogP contribution in [-0.2, 0) is 4.79 Å². The van der Waals surface area contributed by atoms with Crippen LogP contribution in [0.4, 0.5) is 0 Å². The molecule has 0 saturated carbocycles. The number of piperidine rings is 1. The van der Waals surface area contributed by atoms with Crippen LogP contribution in [-0.4, -0.2) is 43.5 Å². The third kappa shape index (κ3) is 4.63. The van der Waals surface area contributed by atoms with Crippen molar-refractivity contribution in [2.45, 2.75) is 12.8 Å². The lowest BCUT2D eigenvalue weighted by Crippen LogP contribution is -2.44. The second-order valence-electron chi connectivity index (χ2n) is 4.17. The van der Waals surface area contributed by atoms with Gasteiger partial charge in [0, 0.05) is 30.7 Å². The molecule has 1 saturated heterocycles. The van der Waals surface area contributed by atoms with Gasteiger partial charge in [-0.25, -0.2) is 0 Å². The summed E-state index contributed by atoms with van der Waals surface area (Å²) in [6.45, 7) is 7.58. The van der Waals surface area contributed by atoms with E-state index in [9.17, 15) is 4.79 Å². The van der Waals surface area contributed by atoms with Gasteiger partial charge in [0.05, 0.1) is 5.92 Å². The van der Waals surface area contributed by atoms with Gasteiger partial charge in [-0.1, -0.05) is 22.5 Å². The first kappa shape index (κ1) is 13.7. The number of rotatable bonds is 5. The first-order chi connectivity index (χ1) is 7.63. The molecule has 0 aliphatic carbocycles. The van der Waals surface area contributed by atoms with Crippen LogP contribution in [0.5, 0.6) is 0 Å². The van der Waals surface area contributed by atoms with Gasteiger partial charge in [0.15, 0.2) is 0 Å². The van der Waals surface area contributed by atoms with E-state index in [1.807, 2.05) is 0 Å². The Balaban J connectivity index is 2.37. The summed E-state index contributed by atoms with van der Waals surface area (Å²) in [5.41, 5.74) is 5.36. The van der Waals surface area contributed by atoms with Crippen molar-refractivity contribution in [2.24, 2.45) is 11.7 Å². The zero-order chi connectivity index (χ0) is 12.0. The Hall–Kier alpha value is -0.390. The Morgan fingerprint density at radius 2 is 2.38 bits per heavy atom. The van der Waals surface area contributed by atoms with Gasteiger partial charge in [0.2, 0.25) is 5.91 Å². The number of amides is 1. The summed E-state index contributed by atoms with van der Waals surface area (Å²) in [6, 6.07) is 0. The van der Waals surface area contributed by atoms with E-state index in [4.69, 9.17) is 5.73 Å². The second-order valence-corrected chi connectivity index (χ2v) is 5.29. The van der Waals surface area contributed by atoms with E-state index in [1.54, 1.807) is 0 Å². The molecule has 1 rings (SSSR count). The minimum atomic E-state index is 0.104. The predicted molar refractivity (Wildman–Crippen MR) is 69.3 cm³/mol.